The summed E-state index contributed by atoms with van der Waals surface area (Å²) in [5, 5.41) is 2.25. The van der Waals surface area contributed by atoms with Gasteiger partial charge in [0, 0.05) is 18.2 Å². The monoisotopic (exact) mass is 329 g/mol. The van der Waals surface area contributed by atoms with Crippen LogP contribution in [0.25, 0.3) is 0 Å². The normalized spacial score (nSPS) is 10.3. The van der Waals surface area contributed by atoms with Gasteiger partial charge in [-0.05, 0) is 36.6 Å². The first-order chi connectivity index (χ1) is 11.5. The molecule has 0 bridgehead atoms. The molecule has 2 rings (SSSR count). The summed E-state index contributed by atoms with van der Waals surface area (Å²) in [6.45, 7) is 3.84. The molecule has 0 saturated heterocycles. The summed E-state index contributed by atoms with van der Waals surface area (Å²) in [7, 11) is 1.36. The molecular formula is C19H20FNO3. The first kappa shape index (κ1) is 17.7. The highest BCUT2D eigenvalue weighted by Gasteiger charge is 2.21. The molecule has 0 saturated carbocycles. The number of rotatable bonds is 6. The highest BCUT2D eigenvalue weighted by atomic mass is 19.1. The fourth-order valence-electron chi connectivity index (χ4n) is 2.40. The van der Waals surface area contributed by atoms with E-state index in [0.717, 1.165) is 12.0 Å². The molecule has 0 heterocycles. The van der Waals surface area contributed by atoms with Gasteiger partial charge in [-0.25, -0.2) is 4.39 Å². The Labute approximate surface area is 140 Å². The van der Waals surface area contributed by atoms with E-state index in [9.17, 15) is 14.0 Å². The molecule has 0 aliphatic heterocycles. The number of benzene rings is 2. The van der Waals surface area contributed by atoms with Crippen molar-refractivity contribution in [1.82, 2.24) is 5.32 Å². The third kappa shape index (κ3) is 3.79. The van der Waals surface area contributed by atoms with Crippen molar-refractivity contribution >= 4 is 11.7 Å². The SMILES string of the molecule is CCc1ccc(OCc2c(F)cccc2C(=O)C(=O)NC)c(C)c1. The number of Topliss-reactive ketones (excluding diaryl/α,β-unsaturated/α-hetero) is 1. The number of hydrogen-bond acceptors (Lipinski definition) is 3. The van der Waals surface area contributed by atoms with E-state index in [0.29, 0.717) is 5.75 Å². The van der Waals surface area contributed by atoms with Crippen LogP contribution in [0.3, 0.4) is 0 Å². The van der Waals surface area contributed by atoms with Crippen molar-refractivity contribution in [2.45, 2.75) is 26.9 Å². The van der Waals surface area contributed by atoms with Crippen molar-refractivity contribution in [3.63, 3.8) is 0 Å². The molecule has 0 aliphatic carbocycles. The van der Waals surface area contributed by atoms with E-state index >= 15 is 0 Å². The first-order valence-electron chi connectivity index (χ1n) is 7.74. The Morgan fingerprint density at radius 3 is 2.58 bits per heavy atom. The minimum absolute atomic E-state index is 0.0113. The Bertz CT molecular complexity index is 771. The standard InChI is InChI=1S/C19H20FNO3/c1-4-13-8-9-17(12(2)10-13)24-11-15-14(6-5-7-16(15)20)18(22)19(23)21-3/h5-10H,4,11H2,1-3H3,(H,21,23). The van der Waals surface area contributed by atoms with E-state index in [1.54, 1.807) is 0 Å². The Hall–Kier alpha value is -2.69. The molecule has 0 aliphatic rings. The molecule has 0 unspecified atom stereocenters. The minimum atomic E-state index is -0.787. The number of aryl methyl sites for hydroxylation is 2. The molecule has 2 aromatic carbocycles. The molecule has 0 atom stereocenters. The third-order valence-electron chi connectivity index (χ3n) is 3.82. The van der Waals surface area contributed by atoms with Crippen molar-refractivity contribution < 1.29 is 18.7 Å². The smallest absolute Gasteiger partial charge is 0.292 e. The fraction of sp³-hybridized carbons (Fsp3) is 0.263. The number of halogens is 1. The van der Waals surface area contributed by atoms with Crippen molar-refractivity contribution in [3.05, 3.63) is 64.5 Å². The summed E-state index contributed by atoms with van der Waals surface area (Å²) in [6, 6.07) is 9.85. The molecule has 1 N–H and O–H groups in total. The van der Waals surface area contributed by atoms with Crippen LogP contribution in [0.15, 0.2) is 36.4 Å². The van der Waals surface area contributed by atoms with Crippen LogP contribution in [0.2, 0.25) is 0 Å². The van der Waals surface area contributed by atoms with Gasteiger partial charge in [0.1, 0.15) is 18.2 Å². The summed E-state index contributed by atoms with van der Waals surface area (Å²) in [5.74, 6) is -1.53. The van der Waals surface area contributed by atoms with Gasteiger partial charge in [0.2, 0.25) is 0 Å². The topological polar surface area (TPSA) is 55.4 Å². The number of carbonyl (C=O) groups excluding carboxylic acids is 2. The summed E-state index contributed by atoms with van der Waals surface area (Å²) >= 11 is 0. The predicted octanol–water partition coefficient (Wildman–Crippen LogP) is 3.20. The molecule has 4 nitrogen and oxygen atoms in total. The van der Waals surface area contributed by atoms with Crippen molar-refractivity contribution in [2.75, 3.05) is 7.05 Å². The van der Waals surface area contributed by atoms with Crippen LogP contribution in [0, 0.1) is 12.7 Å². The molecule has 0 aromatic heterocycles. The van der Waals surface area contributed by atoms with Gasteiger partial charge < -0.3 is 10.1 Å². The summed E-state index contributed by atoms with van der Waals surface area (Å²) in [6.07, 6.45) is 0.916. The molecule has 5 heteroatoms. The van der Waals surface area contributed by atoms with E-state index in [1.807, 2.05) is 25.1 Å². The Morgan fingerprint density at radius 2 is 1.96 bits per heavy atom. The maximum absolute atomic E-state index is 14.1. The highest BCUT2D eigenvalue weighted by Crippen LogP contribution is 2.23. The summed E-state index contributed by atoms with van der Waals surface area (Å²) < 4.78 is 19.8. The molecule has 2 aromatic rings. The van der Waals surface area contributed by atoms with Gasteiger partial charge in [-0.1, -0.05) is 31.2 Å². The second kappa shape index (κ2) is 7.73. The van der Waals surface area contributed by atoms with Crippen LogP contribution in [0.1, 0.15) is 34.0 Å². The average Bonchev–Trinajstić information content (AvgIpc) is 2.59. The van der Waals surface area contributed by atoms with Crippen molar-refractivity contribution in [1.29, 1.82) is 0 Å². The van der Waals surface area contributed by atoms with E-state index in [-0.39, 0.29) is 17.7 Å². The Balaban J connectivity index is 2.27. The van der Waals surface area contributed by atoms with Gasteiger partial charge in [0.25, 0.3) is 11.7 Å². The lowest BCUT2D eigenvalue weighted by Crippen LogP contribution is -2.28. The lowest BCUT2D eigenvalue weighted by atomic mass is 10.0. The zero-order chi connectivity index (χ0) is 17.7. The van der Waals surface area contributed by atoms with Crippen LogP contribution in [0.4, 0.5) is 4.39 Å². The molecule has 24 heavy (non-hydrogen) atoms. The molecule has 0 fully saturated rings. The van der Waals surface area contributed by atoms with Gasteiger partial charge in [-0.2, -0.15) is 0 Å². The van der Waals surface area contributed by atoms with Crippen LogP contribution < -0.4 is 10.1 Å². The van der Waals surface area contributed by atoms with Crippen LogP contribution >= 0.6 is 0 Å². The Morgan fingerprint density at radius 1 is 1.21 bits per heavy atom. The number of hydrogen-bond donors (Lipinski definition) is 1. The van der Waals surface area contributed by atoms with Crippen LogP contribution in [-0.2, 0) is 17.8 Å². The lowest BCUT2D eigenvalue weighted by molar-refractivity contribution is -0.116. The predicted molar refractivity (Wildman–Crippen MR) is 89.7 cm³/mol. The first-order valence-corrected chi connectivity index (χ1v) is 7.74. The number of ether oxygens (including phenoxy) is 1. The van der Waals surface area contributed by atoms with Crippen molar-refractivity contribution in [2.24, 2.45) is 0 Å². The molecule has 0 radical (unpaired) electrons. The number of ketones is 1. The zero-order valence-electron chi connectivity index (χ0n) is 14.0. The molecular weight excluding hydrogens is 309 g/mol. The number of amides is 1. The minimum Gasteiger partial charge on any atom is -0.489 e. The number of nitrogens with one attached hydrogen (secondary N) is 1. The van der Waals surface area contributed by atoms with Gasteiger partial charge in [0.05, 0.1) is 0 Å². The highest BCUT2D eigenvalue weighted by molar-refractivity contribution is 6.43. The zero-order valence-corrected chi connectivity index (χ0v) is 14.0. The van der Waals surface area contributed by atoms with E-state index in [1.165, 1.54) is 30.8 Å². The molecule has 126 valence electrons. The number of carbonyl (C=O) groups is 2. The quantitative estimate of drug-likeness (QED) is 0.654. The molecule has 0 spiro atoms. The van der Waals surface area contributed by atoms with Gasteiger partial charge in [-0.15, -0.1) is 0 Å². The van der Waals surface area contributed by atoms with Gasteiger partial charge >= 0.3 is 0 Å². The largest absolute Gasteiger partial charge is 0.489 e. The van der Waals surface area contributed by atoms with Crippen LogP contribution in [-0.4, -0.2) is 18.7 Å². The second-order valence-electron chi connectivity index (χ2n) is 5.42. The summed E-state index contributed by atoms with van der Waals surface area (Å²) in [4.78, 5) is 23.6. The van der Waals surface area contributed by atoms with Gasteiger partial charge in [0.15, 0.2) is 0 Å². The average molecular weight is 329 g/mol. The van der Waals surface area contributed by atoms with E-state index in [4.69, 9.17) is 4.74 Å². The summed E-state index contributed by atoms with van der Waals surface area (Å²) in [5.41, 5.74) is 2.20. The van der Waals surface area contributed by atoms with E-state index in [2.05, 4.69) is 12.2 Å². The number of likely N-dealkylation sites (N-methyl/N-ethyl adjacent to an activating group) is 1. The van der Waals surface area contributed by atoms with E-state index < -0.39 is 17.5 Å². The fourth-order valence-corrected chi connectivity index (χ4v) is 2.40. The second-order valence-corrected chi connectivity index (χ2v) is 5.42. The van der Waals surface area contributed by atoms with Crippen molar-refractivity contribution in [3.8, 4) is 5.75 Å². The van der Waals surface area contributed by atoms with Crippen LogP contribution in [0.5, 0.6) is 5.75 Å². The van der Waals surface area contributed by atoms with Gasteiger partial charge in [-0.3, -0.25) is 9.59 Å². The lowest BCUT2D eigenvalue weighted by Gasteiger charge is -2.13. The molecule has 1 amide bonds. The maximum Gasteiger partial charge on any atom is 0.292 e. The maximum atomic E-state index is 14.1. The Kier molecular flexibility index (Phi) is 5.68. The third-order valence-corrected chi connectivity index (χ3v) is 3.82.